The fourth-order valence-electron chi connectivity index (χ4n) is 1.89. The molecule has 2 rings (SSSR count). The van der Waals surface area contributed by atoms with Gasteiger partial charge in [-0.1, -0.05) is 24.3 Å². The van der Waals surface area contributed by atoms with E-state index in [0.29, 0.717) is 11.4 Å². The molecule has 1 aromatic heterocycles. The fourth-order valence-corrected chi connectivity index (χ4v) is 1.89. The van der Waals surface area contributed by atoms with Crippen molar-refractivity contribution in [1.29, 1.82) is 0 Å². The van der Waals surface area contributed by atoms with E-state index in [1.807, 2.05) is 0 Å². The average Bonchev–Trinajstić information content (AvgIpc) is 2.47. The molecule has 1 heterocycles. The molecule has 0 spiro atoms. The van der Waals surface area contributed by atoms with Gasteiger partial charge in [0.1, 0.15) is 0 Å². The van der Waals surface area contributed by atoms with Gasteiger partial charge in [0.25, 0.3) is 0 Å². The van der Waals surface area contributed by atoms with Gasteiger partial charge in [-0.3, -0.25) is 4.79 Å². The lowest BCUT2D eigenvalue weighted by molar-refractivity contribution is -0.137. The first-order valence-electron chi connectivity index (χ1n) is 6.10. The van der Waals surface area contributed by atoms with E-state index < -0.39 is 17.5 Å². The number of methoxy groups -OCH3 is 1. The number of hydrogen-bond donors (Lipinski definition) is 0. The molecule has 0 aliphatic carbocycles. The summed E-state index contributed by atoms with van der Waals surface area (Å²) in [6.07, 6.45) is -3.29. The van der Waals surface area contributed by atoms with Gasteiger partial charge in [0.2, 0.25) is 5.88 Å². The number of carbonyl (C=O) groups excluding carboxylic acids is 1. The molecule has 0 fully saturated rings. The highest BCUT2D eigenvalue weighted by Gasteiger charge is 2.34. The second-order valence-corrected chi connectivity index (χ2v) is 4.35. The summed E-state index contributed by atoms with van der Waals surface area (Å²) in [5, 5.41) is 0. The number of alkyl halides is 3. The molecule has 0 aliphatic rings. The Balaban J connectivity index is 2.24. The van der Waals surface area contributed by atoms with Crippen molar-refractivity contribution in [2.24, 2.45) is 0 Å². The minimum atomic E-state index is -4.55. The molecule has 0 radical (unpaired) electrons. The summed E-state index contributed by atoms with van der Waals surface area (Å²) in [7, 11) is 1.45. The van der Waals surface area contributed by atoms with Crippen LogP contribution in [0.15, 0.2) is 42.6 Å². The van der Waals surface area contributed by atoms with Crippen molar-refractivity contribution >= 4 is 5.78 Å². The molecule has 2 aromatic rings. The van der Waals surface area contributed by atoms with Crippen LogP contribution < -0.4 is 4.74 Å². The van der Waals surface area contributed by atoms with Crippen LogP contribution in [0.5, 0.6) is 5.88 Å². The van der Waals surface area contributed by atoms with Gasteiger partial charge in [-0.2, -0.15) is 13.2 Å². The van der Waals surface area contributed by atoms with Crippen LogP contribution in [-0.2, 0) is 12.6 Å². The number of ketones is 1. The minimum Gasteiger partial charge on any atom is -0.481 e. The molecule has 21 heavy (non-hydrogen) atoms. The van der Waals surface area contributed by atoms with E-state index in [4.69, 9.17) is 4.74 Å². The number of hydrogen-bond acceptors (Lipinski definition) is 3. The van der Waals surface area contributed by atoms with Crippen molar-refractivity contribution in [1.82, 2.24) is 4.98 Å². The lowest BCUT2D eigenvalue weighted by Crippen LogP contribution is -2.14. The summed E-state index contributed by atoms with van der Waals surface area (Å²) < 4.78 is 43.5. The van der Waals surface area contributed by atoms with Crippen molar-refractivity contribution in [2.45, 2.75) is 12.6 Å². The maximum absolute atomic E-state index is 12.9. The van der Waals surface area contributed by atoms with Gasteiger partial charge in [0.05, 0.1) is 12.7 Å². The first-order valence-corrected chi connectivity index (χ1v) is 6.10. The Labute approximate surface area is 119 Å². The Hall–Kier alpha value is -2.37. The minimum absolute atomic E-state index is 0.149. The van der Waals surface area contributed by atoms with Gasteiger partial charge in [-0.25, -0.2) is 4.98 Å². The van der Waals surface area contributed by atoms with Crippen LogP contribution in [-0.4, -0.2) is 17.9 Å². The number of nitrogens with zero attached hydrogens (tertiary/aromatic N) is 1. The van der Waals surface area contributed by atoms with Crippen LogP contribution in [0.3, 0.4) is 0 Å². The largest absolute Gasteiger partial charge is 0.481 e. The topological polar surface area (TPSA) is 39.2 Å². The number of pyridine rings is 1. The molecule has 0 aliphatic heterocycles. The predicted octanol–water partition coefficient (Wildman–Crippen LogP) is 3.53. The molecule has 1 aromatic carbocycles. The molecule has 0 unspecified atom stereocenters. The molecular weight excluding hydrogens is 283 g/mol. The molecule has 0 saturated heterocycles. The third kappa shape index (κ3) is 3.59. The second-order valence-electron chi connectivity index (χ2n) is 4.35. The summed E-state index contributed by atoms with van der Waals surface area (Å²) >= 11 is 0. The van der Waals surface area contributed by atoms with Crippen LogP contribution in [0.1, 0.15) is 21.5 Å². The van der Waals surface area contributed by atoms with E-state index in [1.165, 1.54) is 31.5 Å². The van der Waals surface area contributed by atoms with E-state index in [2.05, 4.69) is 4.98 Å². The van der Waals surface area contributed by atoms with Gasteiger partial charge in [-0.15, -0.1) is 0 Å². The molecule has 0 bridgehead atoms. The number of halogens is 3. The Morgan fingerprint density at radius 1 is 1.19 bits per heavy atom. The van der Waals surface area contributed by atoms with Gasteiger partial charge in [-0.05, 0) is 11.6 Å². The molecule has 0 N–H and O–H groups in total. The first kappa shape index (κ1) is 15.0. The van der Waals surface area contributed by atoms with E-state index in [-0.39, 0.29) is 12.0 Å². The zero-order chi connectivity index (χ0) is 15.5. The normalized spacial score (nSPS) is 11.2. The van der Waals surface area contributed by atoms with Crippen LogP contribution in [0.2, 0.25) is 0 Å². The molecule has 0 saturated carbocycles. The van der Waals surface area contributed by atoms with Crippen LogP contribution >= 0.6 is 0 Å². The number of carbonyl (C=O) groups is 1. The molecule has 6 heteroatoms. The smallest absolute Gasteiger partial charge is 0.417 e. The monoisotopic (exact) mass is 295 g/mol. The Kier molecular flexibility index (Phi) is 4.26. The van der Waals surface area contributed by atoms with E-state index >= 15 is 0 Å². The molecule has 0 atom stereocenters. The first-order chi connectivity index (χ1) is 9.91. The fraction of sp³-hybridized carbons (Fsp3) is 0.200. The SMILES string of the molecule is COc1ccc(CC(=O)c2ccccc2C(F)(F)F)cn1. The summed E-state index contributed by atoms with van der Waals surface area (Å²) in [5.74, 6) is -0.225. The highest BCUT2D eigenvalue weighted by atomic mass is 19.4. The second kappa shape index (κ2) is 5.95. The highest BCUT2D eigenvalue weighted by Crippen LogP contribution is 2.32. The zero-order valence-electron chi connectivity index (χ0n) is 11.1. The number of benzene rings is 1. The van der Waals surface area contributed by atoms with Crippen LogP contribution in [0.4, 0.5) is 13.2 Å². The van der Waals surface area contributed by atoms with E-state index in [1.54, 1.807) is 12.1 Å². The number of aromatic nitrogens is 1. The van der Waals surface area contributed by atoms with Crippen molar-refractivity contribution in [3.8, 4) is 5.88 Å². The maximum atomic E-state index is 12.9. The molecule has 3 nitrogen and oxygen atoms in total. The Morgan fingerprint density at radius 3 is 2.48 bits per heavy atom. The lowest BCUT2D eigenvalue weighted by atomic mass is 9.99. The van der Waals surface area contributed by atoms with Gasteiger partial charge in [0.15, 0.2) is 5.78 Å². The lowest BCUT2D eigenvalue weighted by Gasteiger charge is -2.11. The van der Waals surface area contributed by atoms with Gasteiger partial charge >= 0.3 is 6.18 Å². The van der Waals surface area contributed by atoms with Gasteiger partial charge < -0.3 is 4.74 Å². The van der Waals surface area contributed by atoms with E-state index in [9.17, 15) is 18.0 Å². The molecule has 110 valence electrons. The predicted molar refractivity (Wildman–Crippen MR) is 70.3 cm³/mol. The quantitative estimate of drug-likeness (QED) is 0.810. The van der Waals surface area contributed by atoms with Crippen LogP contribution in [0, 0.1) is 0 Å². The van der Waals surface area contributed by atoms with Crippen molar-refractivity contribution in [2.75, 3.05) is 7.11 Å². The summed E-state index contributed by atoms with van der Waals surface area (Å²) in [6.45, 7) is 0. The standard InChI is InChI=1S/C15H12F3NO2/c1-21-14-7-6-10(9-19-14)8-13(20)11-4-2-3-5-12(11)15(16,17)18/h2-7,9H,8H2,1H3. The molecule has 0 amide bonds. The zero-order valence-corrected chi connectivity index (χ0v) is 11.1. The Morgan fingerprint density at radius 2 is 1.90 bits per heavy atom. The van der Waals surface area contributed by atoms with Crippen molar-refractivity contribution in [3.63, 3.8) is 0 Å². The third-order valence-corrected chi connectivity index (χ3v) is 2.90. The number of ether oxygens (including phenoxy) is 1. The average molecular weight is 295 g/mol. The van der Waals surface area contributed by atoms with Gasteiger partial charge in [0, 0.05) is 24.2 Å². The highest BCUT2D eigenvalue weighted by molar-refractivity contribution is 5.99. The van der Waals surface area contributed by atoms with Crippen molar-refractivity contribution < 1.29 is 22.7 Å². The van der Waals surface area contributed by atoms with Crippen LogP contribution in [0.25, 0.3) is 0 Å². The van der Waals surface area contributed by atoms with Crippen molar-refractivity contribution in [3.05, 3.63) is 59.3 Å². The van der Waals surface area contributed by atoms with E-state index in [0.717, 1.165) is 6.07 Å². The third-order valence-electron chi connectivity index (χ3n) is 2.90. The Bertz CT molecular complexity index is 636. The molecular formula is C15H12F3NO2. The number of rotatable bonds is 4. The maximum Gasteiger partial charge on any atom is 0.417 e. The summed E-state index contributed by atoms with van der Waals surface area (Å²) in [5.41, 5.74) is -0.727. The summed E-state index contributed by atoms with van der Waals surface area (Å²) in [6, 6.07) is 7.91. The number of Topliss-reactive ketones (excluding diaryl/α,β-unsaturated/α-hetero) is 1. The summed E-state index contributed by atoms with van der Waals surface area (Å²) in [4.78, 5) is 16.0.